The van der Waals surface area contributed by atoms with Crippen LogP contribution in [0.25, 0.3) is 0 Å². The van der Waals surface area contributed by atoms with E-state index in [1.807, 2.05) is 14.0 Å². The van der Waals surface area contributed by atoms with Crippen molar-refractivity contribution in [2.75, 3.05) is 33.9 Å². The van der Waals surface area contributed by atoms with Gasteiger partial charge >= 0.3 is 0 Å². The Labute approximate surface area is 110 Å². The van der Waals surface area contributed by atoms with E-state index in [-0.39, 0.29) is 11.9 Å². The number of ether oxygens (including phenoxy) is 1. The van der Waals surface area contributed by atoms with Crippen LogP contribution in [0.2, 0.25) is 0 Å². The lowest BCUT2D eigenvalue weighted by Crippen LogP contribution is -2.48. The zero-order valence-electron chi connectivity index (χ0n) is 11.8. The Morgan fingerprint density at radius 3 is 2.78 bits per heavy atom. The van der Waals surface area contributed by atoms with E-state index in [4.69, 9.17) is 10.5 Å². The van der Waals surface area contributed by atoms with Gasteiger partial charge in [0.05, 0.1) is 6.04 Å². The fraction of sp³-hybridized carbons (Fsp3) is 0.923. The quantitative estimate of drug-likeness (QED) is 0.609. The minimum absolute atomic E-state index is 0.0793. The Bertz CT molecular complexity index is 255. The van der Waals surface area contributed by atoms with Crippen LogP contribution in [0.5, 0.6) is 0 Å². The number of hydrogen-bond donors (Lipinski definition) is 2. The van der Waals surface area contributed by atoms with Crippen LogP contribution in [0.4, 0.5) is 0 Å². The first-order chi connectivity index (χ1) is 8.54. The molecular weight excluding hydrogens is 230 g/mol. The second-order valence-electron chi connectivity index (χ2n) is 5.35. The van der Waals surface area contributed by atoms with E-state index in [0.29, 0.717) is 25.1 Å². The molecule has 5 nitrogen and oxygen atoms in total. The second kappa shape index (κ2) is 7.71. The molecule has 0 aromatic carbocycles. The molecule has 106 valence electrons. The normalized spacial score (nSPS) is 24.7. The van der Waals surface area contributed by atoms with E-state index in [2.05, 4.69) is 10.2 Å². The van der Waals surface area contributed by atoms with Crippen molar-refractivity contribution in [1.82, 2.24) is 10.2 Å². The molecule has 0 aliphatic heterocycles. The summed E-state index contributed by atoms with van der Waals surface area (Å²) in [4.78, 5) is 14.0. The van der Waals surface area contributed by atoms with Gasteiger partial charge in [-0.3, -0.25) is 9.69 Å². The summed E-state index contributed by atoms with van der Waals surface area (Å²) in [6.07, 6.45) is 3.04. The molecule has 0 spiro atoms. The summed E-state index contributed by atoms with van der Waals surface area (Å²) in [5.74, 6) is 0.756. The Hall–Kier alpha value is -0.650. The predicted octanol–water partition coefficient (Wildman–Crippen LogP) is 0.197. The number of carbonyl (C=O) groups is 1. The summed E-state index contributed by atoms with van der Waals surface area (Å²) in [6.45, 7) is 4.27. The van der Waals surface area contributed by atoms with Crippen LogP contribution in [-0.2, 0) is 9.53 Å². The van der Waals surface area contributed by atoms with E-state index < -0.39 is 0 Å². The van der Waals surface area contributed by atoms with Crippen molar-refractivity contribution in [3.8, 4) is 0 Å². The maximum atomic E-state index is 11.9. The highest BCUT2D eigenvalue weighted by molar-refractivity contribution is 5.81. The third-order valence-corrected chi connectivity index (χ3v) is 3.68. The maximum Gasteiger partial charge on any atom is 0.237 e. The standard InChI is InChI=1S/C13H27N3O2/c1-10(13(17)15-5-4-6-18-3)16(2)9-11-7-12(14)8-11/h10-12H,4-9,14H2,1-3H3,(H,15,17). The molecule has 1 rings (SSSR count). The molecule has 1 atom stereocenters. The monoisotopic (exact) mass is 257 g/mol. The smallest absolute Gasteiger partial charge is 0.237 e. The number of rotatable bonds is 8. The van der Waals surface area contributed by atoms with E-state index in [1.54, 1.807) is 7.11 Å². The van der Waals surface area contributed by atoms with Crippen molar-refractivity contribution < 1.29 is 9.53 Å². The van der Waals surface area contributed by atoms with Gasteiger partial charge in [0.1, 0.15) is 0 Å². The Morgan fingerprint density at radius 2 is 2.22 bits per heavy atom. The van der Waals surface area contributed by atoms with Gasteiger partial charge in [-0.15, -0.1) is 0 Å². The molecular formula is C13H27N3O2. The summed E-state index contributed by atoms with van der Waals surface area (Å²) in [6, 6.07) is 0.297. The lowest BCUT2D eigenvalue weighted by Gasteiger charge is -2.36. The minimum atomic E-state index is -0.0793. The van der Waals surface area contributed by atoms with Crippen LogP contribution in [0, 0.1) is 5.92 Å². The molecule has 0 aromatic heterocycles. The van der Waals surface area contributed by atoms with Crippen molar-refractivity contribution in [2.45, 2.75) is 38.3 Å². The lowest BCUT2D eigenvalue weighted by atomic mass is 9.80. The number of nitrogens with one attached hydrogen (secondary N) is 1. The van der Waals surface area contributed by atoms with Gasteiger partial charge in [0.15, 0.2) is 0 Å². The summed E-state index contributed by atoms with van der Waals surface area (Å²) in [5, 5.41) is 2.93. The molecule has 1 saturated carbocycles. The molecule has 3 N–H and O–H groups in total. The topological polar surface area (TPSA) is 67.6 Å². The molecule has 1 unspecified atom stereocenters. The number of nitrogens with two attached hydrogens (primary N) is 1. The summed E-state index contributed by atoms with van der Waals surface area (Å²) in [7, 11) is 3.67. The first kappa shape index (κ1) is 15.4. The molecule has 0 bridgehead atoms. The third-order valence-electron chi connectivity index (χ3n) is 3.68. The van der Waals surface area contributed by atoms with Crippen LogP contribution in [0.15, 0.2) is 0 Å². The molecule has 0 heterocycles. The number of methoxy groups -OCH3 is 1. The molecule has 1 aliphatic rings. The molecule has 1 aliphatic carbocycles. The predicted molar refractivity (Wildman–Crippen MR) is 72.3 cm³/mol. The van der Waals surface area contributed by atoms with Crippen molar-refractivity contribution in [3.63, 3.8) is 0 Å². The lowest BCUT2D eigenvalue weighted by molar-refractivity contribution is -0.125. The second-order valence-corrected chi connectivity index (χ2v) is 5.35. The van der Waals surface area contributed by atoms with Crippen molar-refractivity contribution >= 4 is 5.91 Å². The van der Waals surface area contributed by atoms with Gasteiger partial charge in [-0.1, -0.05) is 0 Å². The Morgan fingerprint density at radius 1 is 1.56 bits per heavy atom. The van der Waals surface area contributed by atoms with Gasteiger partial charge in [0.25, 0.3) is 0 Å². The molecule has 1 amide bonds. The van der Waals surface area contributed by atoms with Gasteiger partial charge < -0.3 is 15.8 Å². The largest absolute Gasteiger partial charge is 0.385 e. The molecule has 0 radical (unpaired) electrons. The van der Waals surface area contributed by atoms with Gasteiger partial charge in [-0.05, 0) is 39.2 Å². The number of hydrogen-bond acceptors (Lipinski definition) is 4. The first-order valence-electron chi connectivity index (χ1n) is 6.77. The number of nitrogens with zero attached hydrogens (tertiary/aromatic N) is 1. The SMILES string of the molecule is COCCCNC(=O)C(C)N(C)CC1CC(N)C1. The summed E-state index contributed by atoms with van der Waals surface area (Å²) < 4.78 is 4.94. The highest BCUT2D eigenvalue weighted by Crippen LogP contribution is 2.26. The van der Waals surface area contributed by atoms with Gasteiger partial charge in [-0.2, -0.15) is 0 Å². The van der Waals surface area contributed by atoms with Crippen LogP contribution < -0.4 is 11.1 Å². The molecule has 1 fully saturated rings. The maximum absolute atomic E-state index is 11.9. The molecule has 0 aromatic rings. The number of likely N-dealkylation sites (N-methyl/N-ethyl adjacent to an activating group) is 1. The first-order valence-corrected chi connectivity index (χ1v) is 6.77. The molecule has 0 saturated heterocycles. The fourth-order valence-electron chi connectivity index (χ4n) is 2.28. The minimum Gasteiger partial charge on any atom is -0.385 e. The van der Waals surface area contributed by atoms with Gasteiger partial charge in [0, 0.05) is 32.8 Å². The zero-order chi connectivity index (χ0) is 13.5. The fourth-order valence-corrected chi connectivity index (χ4v) is 2.28. The van der Waals surface area contributed by atoms with Crippen LogP contribution in [-0.4, -0.2) is 56.7 Å². The average molecular weight is 257 g/mol. The molecule has 18 heavy (non-hydrogen) atoms. The van der Waals surface area contributed by atoms with Crippen molar-refractivity contribution in [3.05, 3.63) is 0 Å². The van der Waals surface area contributed by atoms with Crippen molar-refractivity contribution in [1.29, 1.82) is 0 Å². The van der Waals surface area contributed by atoms with Crippen LogP contribution in [0.1, 0.15) is 26.2 Å². The Balaban J connectivity index is 2.16. The van der Waals surface area contributed by atoms with E-state index in [1.165, 1.54) is 0 Å². The van der Waals surface area contributed by atoms with E-state index in [9.17, 15) is 4.79 Å². The van der Waals surface area contributed by atoms with E-state index >= 15 is 0 Å². The van der Waals surface area contributed by atoms with Crippen LogP contribution in [0.3, 0.4) is 0 Å². The average Bonchev–Trinajstić information content (AvgIpc) is 2.31. The Kier molecular flexibility index (Phi) is 6.60. The zero-order valence-corrected chi connectivity index (χ0v) is 11.8. The summed E-state index contributed by atoms with van der Waals surface area (Å²) >= 11 is 0. The number of amides is 1. The summed E-state index contributed by atoms with van der Waals surface area (Å²) in [5.41, 5.74) is 5.77. The van der Waals surface area contributed by atoms with Gasteiger partial charge in [0.2, 0.25) is 5.91 Å². The van der Waals surface area contributed by atoms with Crippen molar-refractivity contribution in [2.24, 2.45) is 11.7 Å². The highest BCUT2D eigenvalue weighted by Gasteiger charge is 2.29. The van der Waals surface area contributed by atoms with E-state index in [0.717, 1.165) is 25.8 Å². The number of carbonyl (C=O) groups excluding carboxylic acids is 1. The van der Waals surface area contributed by atoms with Gasteiger partial charge in [-0.25, -0.2) is 0 Å². The third kappa shape index (κ3) is 4.92. The highest BCUT2D eigenvalue weighted by atomic mass is 16.5. The van der Waals surface area contributed by atoms with Crippen LogP contribution >= 0.6 is 0 Å². The molecule has 5 heteroatoms.